The lowest BCUT2D eigenvalue weighted by molar-refractivity contribution is -0.162. The van der Waals surface area contributed by atoms with Crippen molar-refractivity contribution < 1.29 is 9.53 Å². The Balaban J connectivity index is 2.49. The van der Waals surface area contributed by atoms with Crippen LogP contribution in [0.15, 0.2) is 0 Å². The maximum atomic E-state index is 11.8. The highest BCUT2D eigenvalue weighted by molar-refractivity contribution is 5.76. The minimum atomic E-state index is -0.458. The van der Waals surface area contributed by atoms with Crippen LogP contribution in [0.1, 0.15) is 46.5 Å². The lowest BCUT2D eigenvalue weighted by Gasteiger charge is -2.25. The molecule has 1 saturated carbocycles. The maximum absolute atomic E-state index is 11.8. The van der Waals surface area contributed by atoms with E-state index >= 15 is 0 Å². The van der Waals surface area contributed by atoms with Gasteiger partial charge in [0.05, 0.1) is 5.41 Å². The third-order valence-electron chi connectivity index (χ3n) is 3.10. The molecule has 3 heteroatoms. The topological polar surface area (TPSA) is 52.3 Å². The van der Waals surface area contributed by atoms with E-state index in [4.69, 9.17) is 10.5 Å². The summed E-state index contributed by atoms with van der Waals surface area (Å²) in [6.45, 7) is 5.89. The number of hydrogen-bond acceptors (Lipinski definition) is 3. The van der Waals surface area contributed by atoms with Gasteiger partial charge in [-0.05, 0) is 19.8 Å². The SMILES string of the molecule is CC(C)C(N)OC(=O)C1(C)CCCC1. The second kappa shape index (κ2) is 4.30. The fourth-order valence-corrected chi connectivity index (χ4v) is 1.76. The molecule has 1 rings (SSSR count). The molecule has 0 saturated heterocycles. The number of carbonyl (C=O) groups is 1. The molecule has 0 aromatic heterocycles. The van der Waals surface area contributed by atoms with E-state index in [9.17, 15) is 4.79 Å². The van der Waals surface area contributed by atoms with Crippen LogP contribution in [0.25, 0.3) is 0 Å². The third kappa shape index (κ3) is 2.47. The summed E-state index contributed by atoms with van der Waals surface area (Å²) in [6.07, 6.45) is 3.68. The second-order valence-corrected chi connectivity index (χ2v) is 4.88. The molecule has 1 aliphatic rings. The number of ether oxygens (including phenoxy) is 1. The van der Waals surface area contributed by atoms with Gasteiger partial charge in [0.15, 0.2) is 6.23 Å². The van der Waals surface area contributed by atoms with E-state index in [-0.39, 0.29) is 17.3 Å². The van der Waals surface area contributed by atoms with Gasteiger partial charge in [0.2, 0.25) is 0 Å². The van der Waals surface area contributed by atoms with E-state index in [0.29, 0.717) is 0 Å². The first-order valence-electron chi connectivity index (χ1n) is 5.42. The summed E-state index contributed by atoms with van der Waals surface area (Å²) in [7, 11) is 0. The first kappa shape index (κ1) is 11.5. The normalized spacial score (nSPS) is 22.4. The number of carbonyl (C=O) groups excluding carboxylic acids is 1. The number of hydrogen-bond donors (Lipinski definition) is 1. The molecule has 2 N–H and O–H groups in total. The summed E-state index contributed by atoms with van der Waals surface area (Å²) in [5, 5.41) is 0. The first-order chi connectivity index (χ1) is 6.46. The highest BCUT2D eigenvalue weighted by Crippen LogP contribution is 2.38. The number of esters is 1. The van der Waals surface area contributed by atoms with Crippen LogP contribution in [-0.4, -0.2) is 12.2 Å². The molecule has 14 heavy (non-hydrogen) atoms. The molecule has 0 bridgehead atoms. The Morgan fingerprint density at radius 2 is 1.86 bits per heavy atom. The van der Waals surface area contributed by atoms with Crippen molar-refractivity contribution in [2.75, 3.05) is 0 Å². The highest BCUT2D eigenvalue weighted by Gasteiger charge is 2.38. The predicted octanol–water partition coefficient (Wildman–Crippen LogP) is 2.05. The lowest BCUT2D eigenvalue weighted by atomic mass is 9.89. The Morgan fingerprint density at radius 3 is 2.29 bits per heavy atom. The van der Waals surface area contributed by atoms with E-state index in [0.717, 1.165) is 25.7 Å². The van der Waals surface area contributed by atoms with Gasteiger partial charge in [-0.25, -0.2) is 0 Å². The molecule has 1 fully saturated rings. The highest BCUT2D eigenvalue weighted by atomic mass is 16.6. The van der Waals surface area contributed by atoms with Gasteiger partial charge in [0, 0.05) is 5.92 Å². The van der Waals surface area contributed by atoms with Crippen LogP contribution in [0, 0.1) is 11.3 Å². The smallest absolute Gasteiger partial charge is 0.313 e. The van der Waals surface area contributed by atoms with Gasteiger partial charge in [-0.1, -0.05) is 26.7 Å². The summed E-state index contributed by atoms with van der Waals surface area (Å²) >= 11 is 0. The summed E-state index contributed by atoms with van der Waals surface area (Å²) in [6, 6.07) is 0. The van der Waals surface area contributed by atoms with Crippen LogP contribution >= 0.6 is 0 Å². The standard InChI is InChI=1S/C11H21NO2/c1-8(2)9(12)14-10(13)11(3)6-4-5-7-11/h8-9H,4-7,12H2,1-3H3. The van der Waals surface area contributed by atoms with Gasteiger partial charge in [0.1, 0.15) is 0 Å². The minimum absolute atomic E-state index is 0.115. The Morgan fingerprint density at radius 1 is 1.36 bits per heavy atom. The van der Waals surface area contributed by atoms with Crippen molar-refractivity contribution in [3.63, 3.8) is 0 Å². The van der Waals surface area contributed by atoms with Crippen LogP contribution in [0.4, 0.5) is 0 Å². The number of nitrogens with two attached hydrogens (primary N) is 1. The summed E-state index contributed by atoms with van der Waals surface area (Å²) in [5.41, 5.74) is 5.43. The van der Waals surface area contributed by atoms with E-state index in [1.54, 1.807) is 0 Å². The van der Waals surface area contributed by atoms with Crippen molar-refractivity contribution in [1.29, 1.82) is 0 Å². The average molecular weight is 199 g/mol. The van der Waals surface area contributed by atoms with Crippen LogP contribution in [-0.2, 0) is 9.53 Å². The molecule has 1 aliphatic carbocycles. The average Bonchev–Trinajstić information content (AvgIpc) is 2.53. The number of rotatable bonds is 3. The quantitative estimate of drug-likeness (QED) is 0.559. The zero-order chi connectivity index (χ0) is 10.8. The molecule has 0 heterocycles. The second-order valence-electron chi connectivity index (χ2n) is 4.88. The van der Waals surface area contributed by atoms with Gasteiger partial charge in [-0.3, -0.25) is 10.5 Å². The zero-order valence-electron chi connectivity index (χ0n) is 9.38. The Bertz CT molecular complexity index is 207. The van der Waals surface area contributed by atoms with Crippen LogP contribution in [0.5, 0.6) is 0 Å². The molecule has 82 valence electrons. The van der Waals surface area contributed by atoms with Crippen LogP contribution in [0.2, 0.25) is 0 Å². The molecule has 0 amide bonds. The fourth-order valence-electron chi connectivity index (χ4n) is 1.76. The van der Waals surface area contributed by atoms with E-state index in [2.05, 4.69) is 0 Å². The zero-order valence-corrected chi connectivity index (χ0v) is 9.38. The largest absolute Gasteiger partial charge is 0.446 e. The van der Waals surface area contributed by atoms with Gasteiger partial charge in [-0.2, -0.15) is 0 Å². The van der Waals surface area contributed by atoms with Crippen molar-refractivity contribution in [3.8, 4) is 0 Å². The molecule has 0 aromatic rings. The van der Waals surface area contributed by atoms with Crippen molar-refractivity contribution in [2.45, 2.75) is 52.7 Å². The van der Waals surface area contributed by atoms with Gasteiger partial charge < -0.3 is 4.74 Å². The molecular formula is C11H21NO2. The molecular weight excluding hydrogens is 178 g/mol. The maximum Gasteiger partial charge on any atom is 0.313 e. The lowest BCUT2D eigenvalue weighted by Crippen LogP contribution is -2.37. The van der Waals surface area contributed by atoms with E-state index in [1.807, 2.05) is 20.8 Å². The van der Waals surface area contributed by atoms with Crippen molar-refractivity contribution in [1.82, 2.24) is 0 Å². The Kier molecular flexibility index (Phi) is 3.53. The fraction of sp³-hybridized carbons (Fsp3) is 0.909. The van der Waals surface area contributed by atoms with Gasteiger partial charge >= 0.3 is 5.97 Å². The summed E-state index contributed by atoms with van der Waals surface area (Å²) in [5.74, 6) is 0.0696. The molecule has 0 radical (unpaired) electrons. The molecule has 0 spiro atoms. The summed E-state index contributed by atoms with van der Waals surface area (Å²) < 4.78 is 5.24. The molecule has 1 atom stereocenters. The van der Waals surface area contributed by atoms with Crippen molar-refractivity contribution in [3.05, 3.63) is 0 Å². The van der Waals surface area contributed by atoms with Gasteiger partial charge in [-0.15, -0.1) is 0 Å². The van der Waals surface area contributed by atoms with Crippen molar-refractivity contribution >= 4 is 5.97 Å². The van der Waals surface area contributed by atoms with E-state index < -0.39 is 6.23 Å². The minimum Gasteiger partial charge on any atom is -0.446 e. The first-order valence-corrected chi connectivity index (χ1v) is 5.42. The molecule has 3 nitrogen and oxygen atoms in total. The third-order valence-corrected chi connectivity index (χ3v) is 3.10. The van der Waals surface area contributed by atoms with E-state index in [1.165, 1.54) is 0 Å². The predicted molar refractivity (Wildman–Crippen MR) is 55.5 cm³/mol. The van der Waals surface area contributed by atoms with Crippen molar-refractivity contribution in [2.24, 2.45) is 17.1 Å². The molecule has 1 unspecified atom stereocenters. The Labute approximate surface area is 86.0 Å². The van der Waals surface area contributed by atoms with Crippen LogP contribution in [0.3, 0.4) is 0 Å². The summed E-state index contributed by atoms with van der Waals surface area (Å²) in [4.78, 5) is 11.8. The Hall–Kier alpha value is -0.570. The molecule has 0 aliphatic heterocycles. The van der Waals surface area contributed by atoms with Crippen LogP contribution < -0.4 is 5.73 Å². The monoisotopic (exact) mass is 199 g/mol. The van der Waals surface area contributed by atoms with Gasteiger partial charge in [0.25, 0.3) is 0 Å². The molecule has 0 aromatic carbocycles.